The Kier molecular flexibility index (Phi) is 5.97. The summed E-state index contributed by atoms with van der Waals surface area (Å²) in [6, 6.07) is 0. The molecule has 98 valence electrons. The Bertz CT molecular complexity index is 268. The molecule has 1 rings (SSSR count). The molecule has 0 aromatic heterocycles. The molecule has 17 heavy (non-hydrogen) atoms. The molecule has 1 aliphatic rings. The van der Waals surface area contributed by atoms with E-state index in [1.54, 1.807) is 11.8 Å². The molecule has 1 fully saturated rings. The highest BCUT2D eigenvalue weighted by molar-refractivity contribution is 5.76. The van der Waals surface area contributed by atoms with Crippen LogP contribution < -0.4 is 0 Å². The second kappa shape index (κ2) is 7.27. The van der Waals surface area contributed by atoms with Gasteiger partial charge in [0.15, 0.2) is 0 Å². The van der Waals surface area contributed by atoms with Crippen LogP contribution in [0.4, 0.5) is 0 Å². The summed E-state index contributed by atoms with van der Waals surface area (Å²) in [5.74, 6) is 0.225. The Labute approximate surface area is 102 Å². The van der Waals surface area contributed by atoms with Crippen LogP contribution in [0.1, 0.15) is 32.6 Å². The lowest BCUT2D eigenvalue weighted by atomic mass is 10.2. The van der Waals surface area contributed by atoms with E-state index >= 15 is 0 Å². The average molecular weight is 242 g/mol. The molecule has 5 nitrogen and oxygen atoms in total. The number of nitrogens with zero attached hydrogens (tertiary/aromatic N) is 2. The number of aliphatic hydroxyl groups excluding tert-OH is 1. The molecule has 1 N–H and O–H groups in total. The molecule has 0 bridgehead atoms. The Morgan fingerprint density at radius 1 is 1.06 bits per heavy atom. The molecule has 0 spiro atoms. The molecule has 0 aliphatic carbocycles. The fourth-order valence-electron chi connectivity index (χ4n) is 2.03. The van der Waals surface area contributed by atoms with E-state index in [1.807, 2.05) is 4.90 Å². The van der Waals surface area contributed by atoms with Gasteiger partial charge in [-0.2, -0.15) is 0 Å². The van der Waals surface area contributed by atoms with Gasteiger partial charge in [0.1, 0.15) is 0 Å². The van der Waals surface area contributed by atoms with Crippen molar-refractivity contribution in [3.63, 3.8) is 0 Å². The van der Waals surface area contributed by atoms with Crippen molar-refractivity contribution in [3.05, 3.63) is 0 Å². The summed E-state index contributed by atoms with van der Waals surface area (Å²) in [5, 5.41) is 8.66. The van der Waals surface area contributed by atoms with Crippen LogP contribution in [0.2, 0.25) is 0 Å². The quantitative estimate of drug-likeness (QED) is 0.718. The van der Waals surface area contributed by atoms with Gasteiger partial charge in [0.05, 0.1) is 0 Å². The Morgan fingerprint density at radius 3 is 2.35 bits per heavy atom. The first kappa shape index (κ1) is 14.0. The van der Waals surface area contributed by atoms with E-state index in [0.29, 0.717) is 25.9 Å². The first-order valence-electron chi connectivity index (χ1n) is 6.29. The molecule has 5 heteroatoms. The van der Waals surface area contributed by atoms with Crippen molar-refractivity contribution < 1.29 is 14.7 Å². The van der Waals surface area contributed by atoms with Crippen molar-refractivity contribution in [2.45, 2.75) is 32.6 Å². The first-order chi connectivity index (χ1) is 8.15. The van der Waals surface area contributed by atoms with Crippen molar-refractivity contribution in [1.82, 2.24) is 9.80 Å². The van der Waals surface area contributed by atoms with E-state index in [4.69, 9.17) is 5.11 Å². The lowest BCUT2D eigenvalue weighted by Gasteiger charge is -2.21. The molecule has 2 amide bonds. The van der Waals surface area contributed by atoms with Crippen LogP contribution in [-0.4, -0.2) is 59.5 Å². The van der Waals surface area contributed by atoms with Gasteiger partial charge in [0, 0.05) is 46.1 Å². The third-order valence-corrected chi connectivity index (χ3v) is 3.09. The summed E-state index contributed by atoms with van der Waals surface area (Å²) in [6.45, 7) is 4.47. The first-order valence-corrected chi connectivity index (χ1v) is 6.29. The predicted molar refractivity (Wildman–Crippen MR) is 64.4 cm³/mol. The number of amides is 2. The minimum atomic E-state index is 0.0829. The van der Waals surface area contributed by atoms with Crippen LogP contribution in [0, 0.1) is 0 Å². The SMILES string of the molecule is CC(=O)N1CCCN(C(=O)CCCCO)CC1. The van der Waals surface area contributed by atoms with Crippen molar-refractivity contribution in [1.29, 1.82) is 0 Å². The van der Waals surface area contributed by atoms with Gasteiger partial charge in [-0.3, -0.25) is 9.59 Å². The summed E-state index contributed by atoms with van der Waals surface area (Å²) in [4.78, 5) is 26.7. The summed E-state index contributed by atoms with van der Waals surface area (Å²) in [5.41, 5.74) is 0. The summed E-state index contributed by atoms with van der Waals surface area (Å²) in [6.07, 6.45) is 2.77. The van der Waals surface area contributed by atoms with E-state index in [9.17, 15) is 9.59 Å². The maximum absolute atomic E-state index is 11.8. The van der Waals surface area contributed by atoms with Gasteiger partial charge in [0.2, 0.25) is 11.8 Å². The number of aliphatic hydroxyl groups is 1. The molecule has 1 heterocycles. The van der Waals surface area contributed by atoms with Crippen molar-refractivity contribution >= 4 is 11.8 Å². The molecular weight excluding hydrogens is 220 g/mol. The molecular formula is C12H22N2O3. The molecule has 1 saturated heterocycles. The van der Waals surface area contributed by atoms with E-state index in [2.05, 4.69) is 0 Å². The summed E-state index contributed by atoms with van der Waals surface area (Å²) in [7, 11) is 0. The van der Waals surface area contributed by atoms with Crippen LogP contribution in [-0.2, 0) is 9.59 Å². The highest BCUT2D eigenvalue weighted by Crippen LogP contribution is 2.07. The van der Waals surface area contributed by atoms with E-state index in [-0.39, 0.29) is 18.4 Å². The number of hydrogen-bond acceptors (Lipinski definition) is 3. The van der Waals surface area contributed by atoms with Gasteiger partial charge in [-0.1, -0.05) is 0 Å². The van der Waals surface area contributed by atoms with E-state index in [0.717, 1.165) is 25.9 Å². The van der Waals surface area contributed by atoms with Gasteiger partial charge in [-0.25, -0.2) is 0 Å². The zero-order valence-corrected chi connectivity index (χ0v) is 10.5. The van der Waals surface area contributed by atoms with Crippen LogP contribution >= 0.6 is 0 Å². The fourth-order valence-corrected chi connectivity index (χ4v) is 2.03. The van der Waals surface area contributed by atoms with Gasteiger partial charge < -0.3 is 14.9 Å². The number of carbonyl (C=O) groups is 2. The molecule has 0 atom stereocenters. The topological polar surface area (TPSA) is 60.9 Å². The second-order valence-corrected chi connectivity index (χ2v) is 4.42. The van der Waals surface area contributed by atoms with Gasteiger partial charge in [-0.15, -0.1) is 0 Å². The number of carbonyl (C=O) groups excluding carboxylic acids is 2. The number of unbranched alkanes of at least 4 members (excludes halogenated alkanes) is 1. The van der Waals surface area contributed by atoms with Crippen LogP contribution in [0.25, 0.3) is 0 Å². The fraction of sp³-hybridized carbons (Fsp3) is 0.833. The highest BCUT2D eigenvalue weighted by Gasteiger charge is 2.19. The van der Waals surface area contributed by atoms with E-state index < -0.39 is 0 Å². The maximum Gasteiger partial charge on any atom is 0.222 e. The van der Waals surface area contributed by atoms with Gasteiger partial charge in [-0.05, 0) is 19.3 Å². The lowest BCUT2D eigenvalue weighted by molar-refractivity contribution is -0.132. The third-order valence-electron chi connectivity index (χ3n) is 3.09. The zero-order valence-electron chi connectivity index (χ0n) is 10.5. The lowest BCUT2D eigenvalue weighted by Crippen LogP contribution is -2.36. The molecule has 1 aliphatic heterocycles. The van der Waals surface area contributed by atoms with Crippen molar-refractivity contribution in [2.24, 2.45) is 0 Å². The van der Waals surface area contributed by atoms with Gasteiger partial charge in [0.25, 0.3) is 0 Å². The molecule has 0 saturated carbocycles. The Balaban J connectivity index is 2.34. The number of hydrogen-bond donors (Lipinski definition) is 1. The average Bonchev–Trinajstić information content (AvgIpc) is 2.54. The second-order valence-electron chi connectivity index (χ2n) is 4.42. The zero-order chi connectivity index (χ0) is 12.7. The standard InChI is InChI=1S/C12H22N2O3/c1-11(16)13-6-4-7-14(9-8-13)12(17)5-2-3-10-15/h15H,2-10H2,1H3. The van der Waals surface area contributed by atoms with Crippen molar-refractivity contribution in [3.8, 4) is 0 Å². The summed E-state index contributed by atoms with van der Waals surface area (Å²) < 4.78 is 0. The van der Waals surface area contributed by atoms with Crippen molar-refractivity contribution in [2.75, 3.05) is 32.8 Å². The predicted octanol–water partition coefficient (Wildman–Crippen LogP) is 0.230. The van der Waals surface area contributed by atoms with Gasteiger partial charge >= 0.3 is 0 Å². The third kappa shape index (κ3) is 4.73. The molecule has 0 radical (unpaired) electrons. The Hall–Kier alpha value is -1.10. The smallest absolute Gasteiger partial charge is 0.222 e. The minimum absolute atomic E-state index is 0.0829. The van der Waals surface area contributed by atoms with Crippen LogP contribution in [0.15, 0.2) is 0 Å². The minimum Gasteiger partial charge on any atom is -0.396 e. The molecule has 0 aromatic carbocycles. The normalized spacial score (nSPS) is 16.8. The Morgan fingerprint density at radius 2 is 1.71 bits per heavy atom. The molecule has 0 aromatic rings. The number of rotatable bonds is 4. The highest BCUT2D eigenvalue weighted by atomic mass is 16.3. The molecule has 0 unspecified atom stereocenters. The van der Waals surface area contributed by atoms with Crippen LogP contribution in [0.3, 0.4) is 0 Å². The maximum atomic E-state index is 11.8. The largest absolute Gasteiger partial charge is 0.396 e. The van der Waals surface area contributed by atoms with E-state index in [1.165, 1.54) is 0 Å². The monoisotopic (exact) mass is 242 g/mol. The summed E-state index contributed by atoms with van der Waals surface area (Å²) >= 11 is 0. The van der Waals surface area contributed by atoms with Crippen LogP contribution in [0.5, 0.6) is 0 Å².